The molecule has 27 heavy (non-hydrogen) atoms. The fraction of sp³-hybridized carbons (Fsp3) is 0.200. The van der Waals surface area contributed by atoms with Crippen LogP contribution in [0.3, 0.4) is 0 Å². The normalized spacial score (nSPS) is 11.8. The van der Waals surface area contributed by atoms with Gasteiger partial charge in [-0.25, -0.2) is 0 Å². The smallest absolute Gasteiger partial charge is 0.265 e. The second-order valence-electron chi connectivity index (χ2n) is 6.12. The number of hydrogen-bond donors (Lipinski definition) is 2. The number of carbonyl (C=O) groups is 1. The Morgan fingerprint density at radius 2 is 1.89 bits per heavy atom. The van der Waals surface area contributed by atoms with Gasteiger partial charge in [0.25, 0.3) is 5.91 Å². The summed E-state index contributed by atoms with van der Waals surface area (Å²) in [5.41, 5.74) is 8.31. The first-order valence-electron chi connectivity index (χ1n) is 8.47. The molecule has 140 valence electrons. The Labute approximate surface area is 167 Å². The van der Waals surface area contributed by atoms with Crippen molar-refractivity contribution in [1.29, 1.82) is 0 Å². The monoisotopic (exact) mass is 399 g/mol. The van der Waals surface area contributed by atoms with Gasteiger partial charge in [0.05, 0.1) is 19.7 Å². The molecule has 0 aliphatic rings. The van der Waals surface area contributed by atoms with Crippen molar-refractivity contribution in [3.63, 3.8) is 0 Å². The first-order valence-corrected chi connectivity index (χ1v) is 9.70. The number of thiazole rings is 1. The predicted octanol–water partition coefficient (Wildman–Crippen LogP) is 4.41. The molecule has 3 N–H and O–H groups in total. The van der Waals surface area contributed by atoms with E-state index in [1.165, 1.54) is 11.3 Å². The highest BCUT2D eigenvalue weighted by Crippen LogP contribution is 2.25. The Balaban J connectivity index is 1.78. The minimum absolute atomic E-state index is 0.121. The lowest BCUT2D eigenvalue weighted by atomic mass is 10.1. The molecule has 0 bridgehead atoms. The second kappa shape index (κ2) is 8.37. The Kier molecular flexibility index (Phi) is 5.93. The molecule has 1 amide bonds. The quantitative estimate of drug-likeness (QED) is 0.603. The lowest BCUT2D eigenvalue weighted by Crippen LogP contribution is -2.26. The summed E-state index contributed by atoms with van der Waals surface area (Å²) < 4.78 is 7.52. The molecular weight excluding hydrogens is 378 g/mol. The predicted molar refractivity (Wildman–Crippen MR) is 112 cm³/mol. The second-order valence-corrected chi connectivity index (χ2v) is 7.77. The largest absolute Gasteiger partial charge is 0.497 e. The Hall–Kier alpha value is -2.64. The van der Waals surface area contributed by atoms with Gasteiger partial charge in [0, 0.05) is 0 Å². The molecule has 0 spiro atoms. The van der Waals surface area contributed by atoms with E-state index in [0.29, 0.717) is 21.2 Å². The van der Waals surface area contributed by atoms with E-state index in [1.807, 2.05) is 61.5 Å². The highest BCUT2D eigenvalue weighted by molar-refractivity contribution is 7.73. The van der Waals surface area contributed by atoms with Gasteiger partial charge in [-0.2, -0.15) is 0 Å². The number of nitrogens with two attached hydrogens (primary N) is 1. The van der Waals surface area contributed by atoms with Crippen LogP contribution in [0.5, 0.6) is 5.75 Å². The van der Waals surface area contributed by atoms with Crippen LogP contribution in [0.4, 0.5) is 5.82 Å². The third kappa shape index (κ3) is 4.37. The molecule has 0 radical (unpaired) electrons. The van der Waals surface area contributed by atoms with E-state index in [2.05, 4.69) is 5.32 Å². The van der Waals surface area contributed by atoms with Crippen molar-refractivity contribution in [2.24, 2.45) is 0 Å². The lowest BCUT2D eigenvalue weighted by molar-refractivity contribution is 0.0944. The van der Waals surface area contributed by atoms with E-state index in [9.17, 15) is 4.79 Å². The fourth-order valence-corrected chi connectivity index (χ4v) is 3.96. The van der Waals surface area contributed by atoms with Gasteiger partial charge in [-0.15, -0.1) is 0 Å². The SMILES string of the molecule is COc1ccc(Cn2c(N)c(C(=O)N[C@@H](C)c3ccccc3)sc2=S)cc1. The van der Waals surface area contributed by atoms with E-state index in [4.69, 9.17) is 22.7 Å². The van der Waals surface area contributed by atoms with E-state index in [1.54, 1.807) is 11.7 Å². The summed E-state index contributed by atoms with van der Waals surface area (Å²) in [6, 6.07) is 17.3. The lowest BCUT2D eigenvalue weighted by Gasteiger charge is -2.14. The molecule has 7 heteroatoms. The minimum Gasteiger partial charge on any atom is -0.497 e. The molecule has 1 atom stereocenters. The van der Waals surface area contributed by atoms with Crippen LogP contribution in [0, 0.1) is 3.95 Å². The maximum atomic E-state index is 12.7. The van der Waals surface area contributed by atoms with Crippen molar-refractivity contribution < 1.29 is 9.53 Å². The van der Waals surface area contributed by atoms with Gasteiger partial charge >= 0.3 is 0 Å². The van der Waals surface area contributed by atoms with Crippen LogP contribution in [-0.2, 0) is 6.54 Å². The number of methoxy groups -OCH3 is 1. The maximum Gasteiger partial charge on any atom is 0.265 e. The number of nitrogen functional groups attached to an aromatic ring is 1. The number of nitrogens with one attached hydrogen (secondary N) is 1. The summed E-state index contributed by atoms with van der Waals surface area (Å²) in [4.78, 5) is 13.1. The van der Waals surface area contributed by atoms with Crippen molar-refractivity contribution in [1.82, 2.24) is 9.88 Å². The van der Waals surface area contributed by atoms with Crippen LogP contribution in [0.25, 0.3) is 0 Å². The number of hydrogen-bond acceptors (Lipinski definition) is 5. The molecule has 0 aliphatic carbocycles. The zero-order valence-corrected chi connectivity index (χ0v) is 16.8. The van der Waals surface area contributed by atoms with Crippen LogP contribution in [-0.4, -0.2) is 17.6 Å². The van der Waals surface area contributed by atoms with Gasteiger partial charge in [0.1, 0.15) is 16.4 Å². The molecule has 0 unspecified atom stereocenters. The summed E-state index contributed by atoms with van der Waals surface area (Å²) in [6.07, 6.45) is 0. The summed E-state index contributed by atoms with van der Waals surface area (Å²) in [7, 11) is 1.63. The average Bonchev–Trinajstić information content (AvgIpc) is 2.97. The summed E-state index contributed by atoms with van der Waals surface area (Å²) in [6.45, 7) is 2.45. The molecule has 0 fully saturated rings. The number of nitrogens with zero attached hydrogens (tertiary/aromatic N) is 1. The van der Waals surface area contributed by atoms with Crippen LogP contribution in [0.1, 0.15) is 33.8 Å². The number of ether oxygens (including phenoxy) is 1. The first kappa shape index (κ1) is 19.1. The zero-order valence-electron chi connectivity index (χ0n) is 15.1. The molecule has 2 aromatic carbocycles. The van der Waals surface area contributed by atoms with Crippen LogP contribution >= 0.6 is 23.6 Å². The van der Waals surface area contributed by atoms with E-state index < -0.39 is 0 Å². The van der Waals surface area contributed by atoms with E-state index in [-0.39, 0.29) is 11.9 Å². The third-order valence-corrected chi connectivity index (χ3v) is 5.75. The fourth-order valence-electron chi connectivity index (χ4n) is 2.73. The summed E-state index contributed by atoms with van der Waals surface area (Å²) in [5, 5.41) is 2.99. The molecule has 3 rings (SSSR count). The average molecular weight is 400 g/mol. The van der Waals surface area contributed by atoms with Crippen molar-refractivity contribution >= 4 is 35.3 Å². The van der Waals surface area contributed by atoms with Gasteiger partial charge < -0.3 is 20.4 Å². The van der Waals surface area contributed by atoms with Crippen molar-refractivity contribution in [2.45, 2.75) is 19.5 Å². The maximum absolute atomic E-state index is 12.7. The summed E-state index contributed by atoms with van der Waals surface area (Å²) >= 11 is 6.66. The molecular formula is C20H21N3O2S2. The van der Waals surface area contributed by atoms with Crippen LogP contribution < -0.4 is 15.8 Å². The number of benzene rings is 2. The number of carbonyl (C=O) groups excluding carboxylic acids is 1. The van der Waals surface area contributed by atoms with E-state index >= 15 is 0 Å². The Morgan fingerprint density at radius 3 is 2.52 bits per heavy atom. The highest BCUT2D eigenvalue weighted by Gasteiger charge is 2.19. The Morgan fingerprint density at radius 1 is 1.22 bits per heavy atom. The Bertz CT molecular complexity index is 979. The highest BCUT2D eigenvalue weighted by atomic mass is 32.1. The number of aromatic nitrogens is 1. The molecule has 5 nitrogen and oxygen atoms in total. The van der Waals surface area contributed by atoms with E-state index in [0.717, 1.165) is 16.9 Å². The van der Waals surface area contributed by atoms with Gasteiger partial charge in [-0.3, -0.25) is 4.79 Å². The van der Waals surface area contributed by atoms with Gasteiger partial charge in [-0.1, -0.05) is 53.8 Å². The van der Waals surface area contributed by atoms with Crippen LogP contribution in [0.15, 0.2) is 54.6 Å². The van der Waals surface area contributed by atoms with Crippen molar-refractivity contribution in [2.75, 3.05) is 12.8 Å². The number of rotatable bonds is 6. The van der Waals surface area contributed by atoms with Gasteiger partial charge in [-0.05, 0) is 42.4 Å². The molecule has 3 aromatic rings. The first-order chi connectivity index (χ1) is 13.0. The molecule has 0 aliphatic heterocycles. The zero-order chi connectivity index (χ0) is 19.4. The van der Waals surface area contributed by atoms with Crippen molar-refractivity contribution in [3.8, 4) is 5.75 Å². The topological polar surface area (TPSA) is 69.3 Å². The molecule has 1 aromatic heterocycles. The van der Waals surface area contributed by atoms with Gasteiger partial charge in [0.15, 0.2) is 3.95 Å². The number of anilines is 1. The molecule has 1 heterocycles. The third-order valence-electron chi connectivity index (χ3n) is 4.29. The number of amides is 1. The van der Waals surface area contributed by atoms with Gasteiger partial charge in [0.2, 0.25) is 0 Å². The standard InChI is InChI=1S/C20H21N3O2S2/c1-13(15-6-4-3-5-7-15)22-19(24)17-18(21)23(20(26)27-17)12-14-8-10-16(25-2)11-9-14/h3-11,13H,12,21H2,1-2H3,(H,22,24)/t13-/m0/s1. The molecule has 0 saturated heterocycles. The van der Waals surface area contributed by atoms with Crippen molar-refractivity contribution in [3.05, 3.63) is 74.6 Å². The molecule has 0 saturated carbocycles. The minimum atomic E-state index is -0.214. The summed E-state index contributed by atoms with van der Waals surface area (Å²) in [5.74, 6) is 0.961. The van der Waals surface area contributed by atoms with Crippen LogP contribution in [0.2, 0.25) is 0 Å².